The van der Waals surface area contributed by atoms with Crippen LogP contribution in [-0.2, 0) is 4.79 Å². The van der Waals surface area contributed by atoms with E-state index in [4.69, 9.17) is 4.98 Å². The Morgan fingerprint density at radius 1 is 1.24 bits per heavy atom. The lowest BCUT2D eigenvalue weighted by Gasteiger charge is -2.23. The average Bonchev–Trinajstić information content (AvgIpc) is 3.27. The van der Waals surface area contributed by atoms with E-state index >= 15 is 0 Å². The highest BCUT2D eigenvalue weighted by Crippen LogP contribution is 2.37. The number of nitrogens with zero attached hydrogens (tertiary/aromatic N) is 2. The van der Waals surface area contributed by atoms with E-state index in [1.54, 1.807) is 23.5 Å². The molecule has 6 heteroatoms. The lowest BCUT2D eigenvalue weighted by atomic mass is 10.2. The third-order valence-electron chi connectivity index (χ3n) is 4.34. The van der Waals surface area contributed by atoms with Gasteiger partial charge in [0.15, 0.2) is 0 Å². The van der Waals surface area contributed by atoms with E-state index in [1.807, 2.05) is 23.1 Å². The molecule has 0 radical (unpaired) electrons. The summed E-state index contributed by atoms with van der Waals surface area (Å²) in [7, 11) is 0. The van der Waals surface area contributed by atoms with Gasteiger partial charge in [0.2, 0.25) is 5.91 Å². The second kappa shape index (κ2) is 7.14. The monoisotopic (exact) mass is 372 g/mol. The van der Waals surface area contributed by atoms with E-state index in [1.165, 1.54) is 23.9 Å². The molecule has 3 nitrogen and oxygen atoms in total. The molecule has 1 aromatic heterocycles. The largest absolute Gasteiger partial charge is 0.332 e. The fourth-order valence-corrected chi connectivity index (χ4v) is 5.01. The lowest BCUT2D eigenvalue weighted by Crippen LogP contribution is -2.31. The van der Waals surface area contributed by atoms with E-state index in [9.17, 15) is 9.18 Å². The first-order valence-electron chi connectivity index (χ1n) is 8.24. The first kappa shape index (κ1) is 16.5. The van der Waals surface area contributed by atoms with Gasteiger partial charge in [-0.25, -0.2) is 9.37 Å². The first-order chi connectivity index (χ1) is 12.2. The normalized spacial score (nSPS) is 17.3. The molecule has 0 spiro atoms. The fraction of sp³-hybridized carbons (Fsp3) is 0.263. The summed E-state index contributed by atoms with van der Waals surface area (Å²) >= 11 is 3.13. The van der Waals surface area contributed by atoms with Crippen LogP contribution in [0.25, 0.3) is 10.2 Å². The molecule has 2 heterocycles. The second-order valence-corrected chi connectivity index (χ2v) is 8.12. The molecule has 128 valence electrons. The Bertz CT molecular complexity index is 861. The van der Waals surface area contributed by atoms with Crippen molar-refractivity contribution in [3.05, 3.63) is 59.4 Å². The number of amides is 1. The molecule has 1 amide bonds. The molecule has 25 heavy (non-hydrogen) atoms. The number of para-hydroxylation sites is 1. The molecule has 0 N–H and O–H groups in total. The van der Waals surface area contributed by atoms with Gasteiger partial charge in [0.25, 0.3) is 0 Å². The molecule has 0 aliphatic carbocycles. The minimum Gasteiger partial charge on any atom is -0.332 e. The molecule has 0 bridgehead atoms. The molecule has 1 aliphatic heterocycles. The summed E-state index contributed by atoms with van der Waals surface area (Å²) in [4.78, 5) is 20.3. The van der Waals surface area contributed by atoms with Crippen LogP contribution in [-0.4, -0.2) is 28.1 Å². The van der Waals surface area contributed by atoms with Gasteiger partial charge >= 0.3 is 0 Å². The van der Waals surface area contributed by atoms with Crippen LogP contribution in [0, 0.1) is 5.82 Å². The average molecular weight is 372 g/mol. The van der Waals surface area contributed by atoms with Gasteiger partial charge in [-0.2, -0.15) is 0 Å². The van der Waals surface area contributed by atoms with E-state index in [0.29, 0.717) is 5.75 Å². The number of carbonyl (C=O) groups is 1. The van der Waals surface area contributed by atoms with Crippen LogP contribution < -0.4 is 0 Å². The maximum atomic E-state index is 13.0. The molecule has 1 fully saturated rings. The van der Waals surface area contributed by atoms with E-state index in [-0.39, 0.29) is 17.8 Å². The second-order valence-electron chi connectivity index (χ2n) is 6.01. The van der Waals surface area contributed by atoms with Gasteiger partial charge in [-0.15, -0.1) is 23.1 Å². The van der Waals surface area contributed by atoms with E-state index in [2.05, 4.69) is 6.07 Å². The standard InChI is InChI=1S/C19H17FN2OS2/c20-13-7-9-14(10-8-13)24-12-18(23)22-11-3-5-16(22)19-21-15-4-1-2-6-17(15)25-19/h1-2,4,6-10,16H,3,5,11-12H2/t16-/m1/s1. The summed E-state index contributed by atoms with van der Waals surface area (Å²) in [5.41, 5.74) is 1.00. The van der Waals surface area contributed by atoms with Crippen LogP contribution in [0.3, 0.4) is 0 Å². The summed E-state index contributed by atoms with van der Waals surface area (Å²) in [6, 6.07) is 14.4. The van der Waals surface area contributed by atoms with Crippen molar-refractivity contribution in [1.29, 1.82) is 0 Å². The summed E-state index contributed by atoms with van der Waals surface area (Å²) in [6.07, 6.45) is 1.97. The Morgan fingerprint density at radius 3 is 2.84 bits per heavy atom. The zero-order chi connectivity index (χ0) is 17.2. The Balaban J connectivity index is 1.46. The Morgan fingerprint density at radius 2 is 2.04 bits per heavy atom. The van der Waals surface area contributed by atoms with Gasteiger partial charge < -0.3 is 4.90 Å². The predicted octanol–water partition coefficient (Wildman–Crippen LogP) is 4.89. The Hall–Kier alpha value is -1.92. The van der Waals surface area contributed by atoms with Crippen molar-refractivity contribution >= 4 is 39.2 Å². The Kier molecular flexibility index (Phi) is 4.72. The summed E-state index contributed by atoms with van der Waals surface area (Å²) in [5.74, 6) is 0.231. The number of rotatable bonds is 4. The van der Waals surface area contributed by atoms with Gasteiger partial charge in [0, 0.05) is 11.4 Å². The van der Waals surface area contributed by atoms with Crippen molar-refractivity contribution in [2.75, 3.05) is 12.3 Å². The fourth-order valence-electron chi connectivity index (χ4n) is 3.11. The molecule has 2 aromatic carbocycles. The van der Waals surface area contributed by atoms with Crippen molar-refractivity contribution in [3.8, 4) is 0 Å². The maximum Gasteiger partial charge on any atom is 0.233 e. The molecular weight excluding hydrogens is 355 g/mol. The van der Waals surface area contributed by atoms with Gasteiger partial charge in [-0.05, 0) is 49.2 Å². The highest BCUT2D eigenvalue weighted by molar-refractivity contribution is 8.00. The minimum atomic E-state index is -0.258. The summed E-state index contributed by atoms with van der Waals surface area (Å²) in [6.45, 7) is 0.781. The first-order valence-corrected chi connectivity index (χ1v) is 10.0. The number of thioether (sulfide) groups is 1. The van der Waals surface area contributed by atoms with Crippen molar-refractivity contribution in [1.82, 2.24) is 9.88 Å². The molecule has 1 aliphatic rings. The maximum absolute atomic E-state index is 13.0. The highest BCUT2D eigenvalue weighted by Gasteiger charge is 2.32. The minimum absolute atomic E-state index is 0.0821. The number of benzene rings is 2. The van der Waals surface area contributed by atoms with Gasteiger partial charge in [-0.3, -0.25) is 4.79 Å². The van der Waals surface area contributed by atoms with Crippen molar-refractivity contribution in [2.24, 2.45) is 0 Å². The van der Waals surface area contributed by atoms with Crippen molar-refractivity contribution in [3.63, 3.8) is 0 Å². The third kappa shape index (κ3) is 3.55. The summed E-state index contributed by atoms with van der Waals surface area (Å²) in [5, 5.41) is 1.03. The number of hydrogen-bond acceptors (Lipinski definition) is 4. The van der Waals surface area contributed by atoms with Crippen LogP contribution in [0.1, 0.15) is 23.9 Å². The number of carbonyl (C=O) groups excluding carboxylic acids is 1. The van der Waals surface area contributed by atoms with Crippen LogP contribution in [0.15, 0.2) is 53.4 Å². The summed E-state index contributed by atoms with van der Waals surface area (Å²) < 4.78 is 14.1. The third-order valence-corrected chi connectivity index (χ3v) is 6.48. The zero-order valence-electron chi connectivity index (χ0n) is 13.5. The molecule has 1 saturated heterocycles. The molecule has 0 unspecified atom stereocenters. The topological polar surface area (TPSA) is 33.2 Å². The number of thiazole rings is 1. The zero-order valence-corrected chi connectivity index (χ0v) is 15.2. The van der Waals surface area contributed by atoms with Crippen molar-refractivity contribution < 1.29 is 9.18 Å². The number of aromatic nitrogens is 1. The van der Waals surface area contributed by atoms with Gasteiger partial charge in [0.05, 0.1) is 22.0 Å². The van der Waals surface area contributed by atoms with Crippen LogP contribution >= 0.6 is 23.1 Å². The molecule has 0 saturated carbocycles. The number of halogens is 1. The molecule has 3 aromatic rings. The number of likely N-dealkylation sites (tertiary alicyclic amines) is 1. The molecular formula is C19H17FN2OS2. The van der Waals surface area contributed by atoms with Crippen molar-refractivity contribution in [2.45, 2.75) is 23.8 Å². The molecule has 4 rings (SSSR count). The van der Waals surface area contributed by atoms with Crippen LogP contribution in [0.4, 0.5) is 4.39 Å². The smallest absolute Gasteiger partial charge is 0.233 e. The van der Waals surface area contributed by atoms with E-state index in [0.717, 1.165) is 39.5 Å². The predicted molar refractivity (Wildman–Crippen MR) is 100 cm³/mol. The highest BCUT2D eigenvalue weighted by atomic mass is 32.2. The number of hydrogen-bond donors (Lipinski definition) is 0. The van der Waals surface area contributed by atoms with Crippen LogP contribution in [0.5, 0.6) is 0 Å². The quantitative estimate of drug-likeness (QED) is 0.611. The SMILES string of the molecule is O=C(CSc1ccc(F)cc1)N1CCC[C@@H]1c1nc2ccccc2s1. The van der Waals surface area contributed by atoms with E-state index < -0.39 is 0 Å². The number of fused-ring (bicyclic) bond motifs is 1. The van der Waals surface area contributed by atoms with Gasteiger partial charge in [0.1, 0.15) is 10.8 Å². The van der Waals surface area contributed by atoms with Gasteiger partial charge in [-0.1, -0.05) is 12.1 Å². The lowest BCUT2D eigenvalue weighted by molar-refractivity contribution is -0.129. The van der Waals surface area contributed by atoms with Crippen LogP contribution in [0.2, 0.25) is 0 Å². The molecule has 1 atom stereocenters. The Labute approximate surface area is 153 Å².